The highest BCUT2D eigenvalue weighted by molar-refractivity contribution is 7.99. The quantitative estimate of drug-likeness (QED) is 0.182. The summed E-state index contributed by atoms with van der Waals surface area (Å²) < 4.78 is 24.8. The van der Waals surface area contributed by atoms with E-state index in [4.69, 9.17) is 23.7 Å². The van der Waals surface area contributed by atoms with Gasteiger partial charge in [0, 0.05) is 12.8 Å². The minimum Gasteiger partial charge on any atom is -0.469 e. The molecule has 2 N–H and O–H groups in total. The number of ether oxygens (including phenoxy) is 5. The number of H-pyrrole nitrogens is 2. The highest BCUT2D eigenvalue weighted by atomic mass is 32.2. The minimum absolute atomic E-state index is 0.0308. The van der Waals surface area contributed by atoms with Gasteiger partial charge in [0.1, 0.15) is 11.3 Å². The Morgan fingerprint density at radius 3 is 1.64 bits per heavy atom. The van der Waals surface area contributed by atoms with E-state index in [1.54, 1.807) is 20.8 Å². The van der Waals surface area contributed by atoms with E-state index in [9.17, 15) is 28.8 Å². The molecule has 230 valence electrons. The molecule has 0 unspecified atom stereocenters. The molecular weight excluding hydrogens is 572 g/mol. The average molecular weight is 609 g/mol. The lowest BCUT2D eigenvalue weighted by Gasteiger charge is -2.19. The van der Waals surface area contributed by atoms with Crippen molar-refractivity contribution in [3.63, 3.8) is 0 Å². The second-order valence-corrected chi connectivity index (χ2v) is 11.0. The molecule has 2 aromatic rings. The van der Waals surface area contributed by atoms with E-state index in [0.717, 1.165) is 11.8 Å². The van der Waals surface area contributed by atoms with Crippen LogP contribution >= 0.6 is 11.8 Å². The zero-order valence-corrected chi connectivity index (χ0v) is 25.5. The van der Waals surface area contributed by atoms with Crippen LogP contribution in [0.1, 0.15) is 76.8 Å². The van der Waals surface area contributed by atoms with E-state index in [1.807, 2.05) is 0 Å². The van der Waals surface area contributed by atoms with Gasteiger partial charge in [-0.15, -0.1) is 0 Å². The van der Waals surface area contributed by atoms with Gasteiger partial charge in [0.15, 0.2) is 6.29 Å². The minimum atomic E-state index is -0.847. The molecule has 0 fully saturated rings. The fourth-order valence-electron chi connectivity index (χ4n) is 4.03. The molecule has 0 aromatic carbocycles. The lowest BCUT2D eigenvalue weighted by molar-refractivity contribution is -0.141. The van der Waals surface area contributed by atoms with Gasteiger partial charge in [-0.2, -0.15) is 0 Å². The molecule has 0 spiro atoms. The third-order valence-corrected chi connectivity index (χ3v) is 7.13. The second kappa shape index (κ2) is 15.2. The predicted octanol–water partition coefficient (Wildman–Crippen LogP) is 2.90. The molecule has 0 saturated carbocycles. The summed E-state index contributed by atoms with van der Waals surface area (Å²) in [5.41, 5.74) is 0.821. The maximum absolute atomic E-state index is 13.3. The summed E-state index contributed by atoms with van der Waals surface area (Å²) in [7, 11) is 4.91. The molecular formula is C28H36N2O11S. The van der Waals surface area contributed by atoms with Crippen LogP contribution in [0.25, 0.3) is 0 Å². The number of rotatable bonds is 14. The van der Waals surface area contributed by atoms with Crippen LogP contribution in [0.15, 0.2) is 10.1 Å². The number of carbonyl (C=O) groups is 6. The maximum atomic E-state index is 13.3. The Morgan fingerprint density at radius 2 is 1.17 bits per heavy atom. The normalized spacial score (nSPS) is 11.0. The third-order valence-electron chi connectivity index (χ3n) is 6.03. The molecule has 13 nitrogen and oxygen atoms in total. The van der Waals surface area contributed by atoms with Crippen LogP contribution < -0.4 is 0 Å². The van der Waals surface area contributed by atoms with Crippen molar-refractivity contribution in [2.24, 2.45) is 0 Å². The maximum Gasteiger partial charge on any atom is 0.355 e. The van der Waals surface area contributed by atoms with E-state index < -0.39 is 35.4 Å². The highest BCUT2D eigenvalue weighted by Gasteiger charge is 2.30. The van der Waals surface area contributed by atoms with Crippen molar-refractivity contribution in [2.75, 3.05) is 28.4 Å². The number of hydrogen-bond donors (Lipinski definition) is 2. The molecule has 0 radical (unpaired) electrons. The van der Waals surface area contributed by atoms with Crippen molar-refractivity contribution in [1.82, 2.24) is 9.97 Å². The van der Waals surface area contributed by atoms with Crippen LogP contribution in [0, 0.1) is 0 Å². The Hall–Kier alpha value is -4.07. The molecule has 2 rings (SSSR count). The summed E-state index contributed by atoms with van der Waals surface area (Å²) in [6, 6.07) is 0. The number of methoxy groups -OCH3 is 4. The van der Waals surface area contributed by atoms with Crippen LogP contribution in [0.4, 0.5) is 0 Å². The van der Waals surface area contributed by atoms with Gasteiger partial charge in [0.2, 0.25) is 0 Å². The van der Waals surface area contributed by atoms with Crippen molar-refractivity contribution in [2.45, 2.75) is 74.9 Å². The number of nitrogens with one attached hydrogen (secondary N) is 2. The molecule has 0 aliphatic rings. The first-order valence-corrected chi connectivity index (χ1v) is 13.7. The fraction of sp³-hybridized carbons (Fsp3) is 0.500. The Balaban J connectivity index is 2.76. The van der Waals surface area contributed by atoms with Crippen LogP contribution in [0.5, 0.6) is 0 Å². The predicted molar refractivity (Wildman–Crippen MR) is 148 cm³/mol. The van der Waals surface area contributed by atoms with Gasteiger partial charge < -0.3 is 33.7 Å². The molecule has 0 saturated heterocycles. The Bertz CT molecular complexity index is 1330. The summed E-state index contributed by atoms with van der Waals surface area (Å²) in [5, 5.41) is 0.700. The molecule has 14 heteroatoms. The van der Waals surface area contributed by atoms with Gasteiger partial charge in [-0.1, -0.05) is 11.8 Å². The van der Waals surface area contributed by atoms with Crippen LogP contribution in [0.2, 0.25) is 0 Å². The zero-order valence-electron chi connectivity index (χ0n) is 24.7. The molecule has 2 aromatic heterocycles. The fourth-order valence-corrected chi connectivity index (χ4v) is 5.21. The summed E-state index contributed by atoms with van der Waals surface area (Å²) in [6.45, 7) is 5.09. The number of aromatic nitrogens is 2. The molecule has 0 aliphatic carbocycles. The smallest absolute Gasteiger partial charge is 0.355 e. The first-order chi connectivity index (χ1) is 19.8. The monoisotopic (exact) mass is 608 g/mol. The molecule has 2 heterocycles. The zero-order chi connectivity index (χ0) is 31.6. The number of hydrogen-bond acceptors (Lipinski definition) is 12. The van der Waals surface area contributed by atoms with Crippen molar-refractivity contribution < 1.29 is 52.5 Å². The molecule has 0 amide bonds. The van der Waals surface area contributed by atoms with Crippen LogP contribution in [-0.4, -0.2) is 80.1 Å². The first kappa shape index (κ1) is 34.1. The first-order valence-electron chi connectivity index (χ1n) is 12.9. The van der Waals surface area contributed by atoms with E-state index >= 15 is 0 Å². The topological polar surface area (TPSA) is 180 Å². The standard InChI is InChI=1S/C28H36N2O11S/c1-28(2,3)41-27(36)24-15(8-10-20(32)37-4)18(13-23(35)40-7)26(30-24)42-25-16(9-11-21(33)38-5)17(12-22(34)39-6)19(14-31)29-25/h14,29-30H,8-13H2,1-7H3. The summed E-state index contributed by atoms with van der Waals surface area (Å²) in [5.74, 6) is -2.95. The van der Waals surface area contributed by atoms with Gasteiger partial charge in [-0.05, 0) is 55.9 Å². The lowest BCUT2D eigenvalue weighted by Crippen LogP contribution is -2.25. The van der Waals surface area contributed by atoms with Gasteiger partial charge in [-0.3, -0.25) is 24.0 Å². The number of esters is 5. The van der Waals surface area contributed by atoms with Gasteiger partial charge in [-0.25, -0.2) is 4.79 Å². The van der Waals surface area contributed by atoms with Gasteiger partial charge in [0.05, 0.1) is 57.0 Å². The molecule has 0 bridgehead atoms. The van der Waals surface area contributed by atoms with Crippen molar-refractivity contribution in [3.05, 3.63) is 33.6 Å². The van der Waals surface area contributed by atoms with Gasteiger partial charge in [0.25, 0.3) is 0 Å². The number of carbonyl (C=O) groups excluding carboxylic acids is 6. The molecule has 42 heavy (non-hydrogen) atoms. The third kappa shape index (κ3) is 9.23. The van der Waals surface area contributed by atoms with Gasteiger partial charge >= 0.3 is 29.8 Å². The second-order valence-electron chi connectivity index (χ2n) is 9.99. The van der Waals surface area contributed by atoms with Crippen LogP contribution in [0.3, 0.4) is 0 Å². The Labute approximate surface area is 247 Å². The average Bonchev–Trinajstić information content (AvgIpc) is 3.45. The highest BCUT2D eigenvalue weighted by Crippen LogP contribution is 2.38. The van der Waals surface area contributed by atoms with Crippen molar-refractivity contribution in [1.29, 1.82) is 0 Å². The Morgan fingerprint density at radius 1 is 0.690 bits per heavy atom. The SMILES string of the molecule is COC(=O)CCc1c(Sc2[nH]c(C(=O)OC(C)(C)C)c(CCC(=O)OC)c2CC(=O)OC)[nH]c(C=O)c1CC(=O)OC. The lowest BCUT2D eigenvalue weighted by atomic mass is 10.0. The largest absolute Gasteiger partial charge is 0.469 e. The van der Waals surface area contributed by atoms with E-state index in [2.05, 4.69) is 9.97 Å². The Kier molecular flexibility index (Phi) is 12.4. The van der Waals surface area contributed by atoms with Crippen molar-refractivity contribution >= 4 is 47.9 Å². The summed E-state index contributed by atoms with van der Waals surface area (Å²) >= 11 is 1.04. The van der Waals surface area contributed by atoms with E-state index in [0.29, 0.717) is 38.6 Å². The van der Waals surface area contributed by atoms with Crippen LogP contribution in [-0.2, 0) is 68.5 Å². The molecule has 0 aliphatic heterocycles. The van der Waals surface area contributed by atoms with E-state index in [-0.39, 0.29) is 49.9 Å². The number of aldehydes is 1. The molecule has 0 atom stereocenters. The summed E-state index contributed by atoms with van der Waals surface area (Å²) in [4.78, 5) is 79.8. The van der Waals surface area contributed by atoms with Crippen molar-refractivity contribution in [3.8, 4) is 0 Å². The summed E-state index contributed by atoms with van der Waals surface area (Å²) in [6.07, 6.45) is 0.0376. The van der Waals surface area contributed by atoms with E-state index in [1.165, 1.54) is 28.4 Å². The number of aromatic amines is 2.